The topological polar surface area (TPSA) is 52.1 Å². The SMILES string of the molecule is CN=C(NCCC1CCN(C)CC1)NCC(c1ccc(F)cc1)N1CCOCC1.I. The number of nitrogens with one attached hydrogen (secondary N) is 2. The second kappa shape index (κ2) is 13.4. The number of nitrogens with zero attached hydrogens (tertiary/aromatic N) is 3. The number of hydrogen-bond donors (Lipinski definition) is 2. The lowest BCUT2D eigenvalue weighted by atomic mass is 9.94. The van der Waals surface area contributed by atoms with Crippen molar-refractivity contribution in [2.75, 3.05) is 66.6 Å². The molecule has 0 spiro atoms. The highest BCUT2D eigenvalue weighted by molar-refractivity contribution is 14.0. The first kappa shape index (κ1) is 25.3. The van der Waals surface area contributed by atoms with Gasteiger partial charge in [0, 0.05) is 33.2 Å². The summed E-state index contributed by atoms with van der Waals surface area (Å²) in [6, 6.07) is 7.00. The van der Waals surface area contributed by atoms with E-state index >= 15 is 0 Å². The van der Waals surface area contributed by atoms with Crippen LogP contribution in [0.3, 0.4) is 0 Å². The lowest BCUT2D eigenvalue weighted by molar-refractivity contribution is 0.0170. The molecule has 2 fully saturated rings. The van der Waals surface area contributed by atoms with Crippen LogP contribution in [0.2, 0.25) is 0 Å². The van der Waals surface area contributed by atoms with E-state index in [9.17, 15) is 4.39 Å². The molecule has 0 saturated carbocycles. The van der Waals surface area contributed by atoms with Crippen molar-refractivity contribution in [3.8, 4) is 0 Å². The molecular weight excluding hydrogens is 496 g/mol. The van der Waals surface area contributed by atoms with Gasteiger partial charge in [0.15, 0.2) is 5.96 Å². The second-order valence-electron chi connectivity index (χ2n) is 8.13. The second-order valence-corrected chi connectivity index (χ2v) is 8.13. The molecule has 2 aliphatic heterocycles. The number of rotatable bonds is 7. The van der Waals surface area contributed by atoms with Gasteiger partial charge in [-0.15, -0.1) is 24.0 Å². The van der Waals surface area contributed by atoms with Crippen LogP contribution in [0.4, 0.5) is 4.39 Å². The molecule has 8 heteroatoms. The van der Waals surface area contributed by atoms with Crippen molar-refractivity contribution in [2.45, 2.75) is 25.3 Å². The van der Waals surface area contributed by atoms with Gasteiger partial charge in [-0.1, -0.05) is 12.1 Å². The van der Waals surface area contributed by atoms with Crippen molar-refractivity contribution in [1.82, 2.24) is 20.4 Å². The minimum absolute atomic E-state index is 0. The normalized spacial score (nSPS) is 20.4. The molecule has 2 saturated heterocycles. The Bertz CT molecular complexity index is 631. The van der Waals surface area contributed by atoms with Gasteiger partial charge in [-0.05, 0) is 63.0 Å². The highest BCUT2D eigenvalue weighted by Gasteiger charge is 2.23. The maximum absolute atomic E-state index is 13.4. The molecule has 3 rings (SSSR count). The minimum atomic E-state index is -0.200. The fourth-order valence-electron chi connectivity index (χ4n) is 4.19. The van der Waals surface area contributed by atoms with E-state index in [1.54, 1.807) is 0 Å². The summed E-state index contributed by atoms with van der Waals surface area (Å²) in [7, 11) is 4.01. The lowest BCUT2D eigenvalue weighted by Gasteiger charge is -2.35. The van der Waals surface area contributed by atoms with Gasteiger partial charge in [0.05, 0.1) is 19.3 Å². The van der Waals surface area contributed by atoms with Crippen LogP contribution < -0.4 is 10.6 Å². The molecule has 2 N–H and O–H groups in total. The molecule has 1 atom stereocenters. The molecule has 1 aromatic carbocycles. The maximum atomic E-state index is 13.4. The molecule has 170 valence electrons. The van der Waals surface area contributed by atoms with Gasteiger partial charge in [-0.25, -0.2) is 4.39 Å². The molecule has 6 nitrogen and oxygen atoms in total. The van der Waals surface area contributed by atoms with Crippen molar-refractivity contribution >= 4 is 29.9 Å². The predicted octanol–water partition coefficient (Wildman–Crippen LogP) is 2.71. The number of guanidine groups is 1. The van der Waals surface area contributed by atoms with Gasteiger partial charge < -0.3 is 20.3 Å². The van der Waals surface area contributed by atoms with Gasteiger partial charge >= 0.3 is 0 Å². The number of benzene rings is 1. The molecule has 0 bridgehead atoms. The van der Waals surface area contributed by atoms with Crippen molar-refractivity contribution in [3.05, 3.63) is 35.6 Å². The first-order chi connectivity index (χ1) is 14.2. The first-order valence-corrected chi connectivity index (χ1v) is 10.9. The number of hydrogen-bond acceptors (Lipinski definition) is 4. The van der Waals surface area contributed by atoms with Crippen molar-refractivity contribution in [2.24, 2.45) is 10.9 Å². The van der Waals surface area contributed by atoms with Crippen LogP contribution in [-0.2, 0) is 4.74 Å². The number of aliphatic imine (C=N–C) groups is 1. The Morgan fingerprint density at radius 3 is 2.43 bits per heavy atom. The number of ether oxygens (including phenoxy) is 1. The summed E-state index contributed by atoms with van der Waals surface area (Å²) in [5, 5.41) is 6.95. The average molecular weight is 533 g/mol. The van der Waals surface area contributed by atoms with E-state index in [4.69, 9.17) is 4.74 Å². The third-order valence-corrected chi connectivity index (χ3v) is 6.11. The predicted molar refractivity (Wildman–Crippen MR) is 131 cm³/mol. The van der Waals surface area contributed by atoms with Gasteiger partial charge in [0.25, 0.3) is 0 Å². The molecular formula is C22H37FIN5O. The zero-order valence-electron chi connectivity index (χ0n) is 18.3. The molecule has 30 heavy (non-hydrogen) atoms. The van der Waals surface area contributed by atoms with Crippen LogP contribution >= 0.6 is 24.0 Å². The van der Waals surface area contributed by atoms with Crippen LogP contribution in [0.5, 0.6) is 0 Å². The van der Waals surface area contributed by atoms with Crippen LogP contribution in [0.1, 0.15) is 30.9 Å². The molecule has 0 radical (unpaired) electrons. The molecule has 1 unspecified atom stereocenters. The van der Waals surface area contributed by atoms with E-state index in [1.165, 1.54) is 44.5 Å². The summed E-state index contributed by atoms with van der Waals surface area (Å²) in [4.78, 5) is 9.20. The summed E-state index contributed by atoms with van der Waals surface area (Å²) in [6.45, 7) is 7.31. The molecule has 0 amide bonds. The smallest absolute Gasteiger partial charge is 0.191 e. The zero-order chi connectivity index (χ0) is 20.5. The third-order valence-electron chi connectivity index (χ3n) is 6.11. The van der Waals surface area contributed by atoms with Gasteiger partial charge in [-0.3, -0.25) is 9.89 Å². The Morgan fingerprint density at radius 1 is 1.13 bits per heavy atom. The third kappa shape index (κ3) is 7.94. The Morgan fingerprint density at radius 2 is 1.80 bits per heavy atom. The van der Waals surface area contributed by atoms with Gasteiger partial charge in [-0.2, -0.15) is 0 Å². The first-order valence-electron chi connectivity index (χ1n) is 10.9. The van der Waals surface area contributed by atoms with E-state index in [1.807, 2.05) is 19.2 Å². The van der Waals surface area contributed by atoms with E-state index in [0.29, 0.717) is 0 Å². The summed E-state index contributed by atoms with van der Waals surface area (Å²) in [5.41, 5.74) is 1.11. The molecule has 2 aliphatic rings. The summed E-state index contributed by atoms with van der Waals surface area (Å²) in [5.74, 6) is 1.43. The number of morpholine rings is 1. The van der Waals surface area contributed by atoms with Crippen LogP contribution in [0.25, 0.3) is 0 Å². The number of likely N-dealkylation sites (tertiary alicyclic amines) is 1. The van der Waals surface area contributed by atoms with Crippen molar-refractivity contribution in [3.63, 3.8) is 0 Å². The molecule has 1 aromatic rings. The molecule has 2 heterocycles. The highest BCUT2D eigenvalue weighted by atomic mass is 127. The number of halogens is 2. The average Bonchev–Trinajstić information content (AvgIpc) is 2.76. The Hall–Kier alpha value is -0.970. The van der Waals surface area contributed by atoms with E-state index < -0.39 is 0 Å². The zero-order valence-corrected chi connectivity index (χ0v) is 20.6. The highest BCUT2D eigenvalue weighted by Crippen LogP contribution is 2.22. The molecule has 0 aliphatic carbocycles. The molecule has 0 aromatic heterocycles. The quantitative estimate of drug-likeness (QED) is 0.321. The van der Waals surface area contributed by atoms with Crippen molar-refractivity contribution in [1.29, 1.82) is 0 Å². The van der Waals surface area contributed by atoms with Crippen LogP contribution in [-0.4, -0.2) is 82.3 Å². The summed E-state index contributed by atoms with van der Waals surface area (Å²) < 4.78 is 18.9. The van der Waals surface area contributed by atoms with Crippen LogP contribution in [0, 0.1) is 11.7 Å². The van der Waals surface area contributed by atoms with Crippen molar-refractivity contribution < 1.29 is 9.13 Å². The summed E-state index contributed by atoms with van der Waals surface area (Å²) >= 11 is 0. The van der Waals surface area contributed by atoms with Gasteiger partial charge in [0.2, 0.25) is 0 Å². The fourth-order valence-corrected chi connectivity index (χ4v) is 4.19. The monoisotopic (exact) mass is 533 g/mol. The van der Waals surface area contributed by atoms with Crippen LogP contribution in [0.15, 0.2) is 29.3 Å². The van der Waals surface area contributed by atoms with E-state index in [0.717, 1.165) is 56.8 Å². The lowest BCUT2D eigenvalue weighted by Crippen LogP contribution is -2.46. The minimum Gasteiger partial charge on any atom is -0.379 e. The van der Waals surface area contributed by atoms with E-state index in [-0.39, 0.29) is 35.8 Å². The standard InChI is InChI=1S/C22H36FN5O.HI/c1-24-22(25-10-7-18-8-11-27(2)12-9-18)26-17-21(28-13-15-29-16-14-28)19-3-5-20(23)6-4-19;/h3-6,18,21H,7-17H2,1-2H3,(H2,24,25,26);1H. The largest absolute Gasteiger partial charge is 0.379 e. The Kier molecular flexibility index (Phi) is 11.3. The summed E-state index contributed by atoms with van der Waals surface area (Å²) in [6.07, 6.45) is 3.75. The Labute approximate surface area is 197 Å². The Balaban J connectivity index is 0.00000320. The maximum Gasteiger partial charge on any atom is 0.191 e. The number of piperidine rings is 1. The fraction of sp³-hybridized carbons (Fsp3) is 0.682. The van der Waals surface area contributed by atoms with E-state index in [2.05, 4.69) is 32.5 Å². The van der Waals surface area contributed by atoms with Gasteiger partial charge in [0.1, 0.15) is 5.82 Å².